The van der Waals surface area contributed by atoms with E-state index in [-0.39, 0.29) is 34.1 Å². The minimum atomic E-state index is -0.632. The van der Waals surface area contributed by atoms with Gasteiger partial charge in [0.2, 0.25) is 5.91 Å². The molecule has 3 amide bonds. The summed E-state index contributed by atoms with van der Waals surface area (Å²) in [5, 5.41) is 11.5. The second-order valence-electron chi connectivity index (χ2n) is 10.9. The number of amides is 3. The summed E-state index contributed by atoms with van der Waals surface area (Å²) in [6, 6.07) is 4.99. The molecule has 6 N–H and O–H groups in total. The van der Waals surface area contributed by atoms with E-state index in [4.69, 9.17) is 5.73 Å². The number of hydrogen-bond donors (Lipinski definition) is 5. The van der Waals surface area contributed by atoms with Crippen molar-refractivity contribution in [3.8, 4) is 0 Å². The largest absolute Gasteiger partial charge is 0.392 e. The first kappa shape index (κ1) is 32.4. The van der Waals surface area contributed by atoms with Crippen LogP contribution >= 0.6 is 11.3 Å². The van der Waals surface area contributed by atoms with Crippen LogP contribution < -0.4 is 41.8 Å². The van der Waals surface area contributed by atoms with E-state index in [1.54, 1.807) is 45.9 Å². The Bertz CT molecular complexity index is 1540. The van der Waals surface area contributed by atoms with Crippen molar-refractivity contribution in [2.75, 3.05) is 43.4 Å². The molecule has 2 aromatic rings. The van der Waals surface area contributed by atoms with Crippen LogP contribution in [0.3, 0.4) is 0 Å². The van der Waals surface area contributed by atoms with Crippen molar-refractivity contribution in [3.05, 3.63) is 62.2 Å². The number of benzene rings is 1. The molecule has 0 atom stereocenters. The Morgan fingerprint density at radius 3 is 2.45 bits per heavy atom. The third-order valence-electron chi connectivity index (χ3n) is 6.57. The van der Waals surface area contributed by atoms with Gasteiger partial charge in [0.15, 0.2) is 0 Å². The van der Waals surface area contributed by atoms with Crippen LogP contribution in [0.5, 0.6) is 0 Å². The first-order valence-corrected chi connectivity index (χ1v) is 14.8. The van der Waals surface area contributed by atoms with Crippen molar-refractivity contribution in [1.82, 2.24) is 20.1 Å². The maximum Gasteiger partial charge on any atom is 0.277 e. The third kappa shape index (κ3) is 8.69. The van der Waals surface area contributed by atoms with E-state index < -0.39 is 11.3 Å². The standard InChI is InChI=1S/C30H41N7O4S/c1-6-11-33-26(39)24(31)28-37(7-2)27(40)23(42-28)10-12-32-21-17-20(18-22(19-21)35-29(41)30(3,4)5)25(38)34-13-16-36-14-8-9-15-36/h6,12,17-19,32H,1,7-9,11,13-16,31H2,2-5H3,(H,33,39)(H,34,38)(H,35,41)/b28-24+. The van der Waals surface area contributed by atoms with E-state index in [9.17, 15) is 19.2 Å². The van der Waals surface area contributed by atoms with E-state index in [1.807, 2.05) is 0 Å². The lowest BCUT2D eigenvalue weighted by Gasteiger charge is -2.19. The quantitative estimate of drug-likeness (QED) is 0.244. The first-order chi connectivity index (χ1) is 19.9. The lowest BCUT2D eigenvalue weighted by molar-refractivity contribution is -0.123. The van der Waals surface area contributed by atoms with Gasteiger partial charge in [-0.15, -0.1) is 17.9 Å². The van der Waals surface area contributed by atoms with Gasteiger partial charge in [0.1, 0.15) is 14.9 Å². The number of carbonyl (C=O) groups excluding carboxylic acids is 3. The van der Waals surface area contributed by atoms with E-state index >= 15 is 0 Å². The van der Waals surface area contributed by atoms with Crippen LogP contribution in [0.25, 0.3) is 11.4 Å². The topological polar surface area (TPSA) is 151 Å². The molecule has 42 heavy (non-hydrogen) atoms. The molecule has 1 aromatic carbocycles. The first-order valence-electron chi connectivity index (χ1n) is 14.0. The molecular formula is C30H41N7O4S. The van der Waals surface area contributed by atoms with Gasteiger partial charge in [-0.1, -0.05) is 32.6 Å². The smallest absolute Gasteiger partial charge is 0.277 e. The van der Waals surface area contributed by atoms with Crippen LogP contribution in [0.1, 0.15) is 50.9 Å². The van der Waals surface area contributed by atoms with Gasteiger partial charge in [-0.05, 0) is 51.1 Å². The molecule has 1 aromatic heterocycles. The minimum Gasteiger partial charge on any atom is -0.392 e. The van der Waals surface area contributed by atoms with Gasteiger partial charge in [-0.25, -0.2) is 0 Å². The van der Waals surface area contributed by atoms with Crippen LogP contribution in [0.2, 0.25) is 0 Å². The van der Waals surface area contributed by atoms with Crippen molar-refractivity contribution in [1.29, 1.82) is 0 Å². The predicted octanol–water partition coefficient (Wildman–Crippen LogP) is 1.11. The summed E-state index contributed by atoms with van der Waals surface area (Å²) in [6.07, 6.45) is 5.34. The molecule has 3 rings (SSSR count). The average Bonchev–Trinajstić information content (AvgIpc) is 3.58. The number of nitrogens with one attached hydrogen (secondary N) is 4. The highest BCUT2D eigenvalue weighted by atomic mass is 32.1. The van der Waals surface area contributed by atoms with Gasteiger partial charge in [0, 0.05) is 54.7 Å². The Balaban J connectivity index is 1.92. The Kier molecular flexibility index (Phi) is 11.3. The lowest BCUT2D eigenvalue weighted by Crippen LogP contribution is -2.37. The third-order valence-corrected chi connectivity index (χ3v) is 7.70. The molecule has 0 spiro atoms. The fraction of sp³-hybridized carbons (Fsp3) is 0.433. The van der Waals surface area contributed by atoms with Gasteiger partial charge in [0.25, 0.3) is 17.4 Å². The Morgan fingerprint density at radius 1 is 1.12 bits per heavy atom. The lowest BCUT2D eigenvalue weighted by atomic mass is 9.95. The molecule has 12 heteroatoms. The van der Waals surface area contributed by atoms with E-state index in [0.29, 0.717) is 34.7 Å². The van der Waals surface area contributed by atoms with Gasteiger partial charge >= 0.3 is 0 Å². The summed E-state index contributed by atoms with van der Waals surface area (Å²) < 4.78 is 1.99. The summed E-state index contributed by atoms with van der Waals surface area (Å²) in [5.41, 5.74) is 9.30. The van der Waals surface area contributed by atoms with E-state index in [0.717, 1.165) is 31.0 Å². The number of nitrogens with two attached hydrogens (primary N) is 1. The van der Waals surface area contributed by atoms with Crippen molar-refractivity contribution in [2.24, 2.45) is 11.1 Å². The summed E-state index contributed by atoms with van der Waals surface area (Å²) in [7, 11) is 0. The van der Waals surface area contributed by atoms with Crippen molar-refractivity contribution >= 4 is 51.9 Å². The fourth-order valence-corrected chi connectivity index (χ4v) is 5.23. The summed E-state index contributed by atoms with van der Waals surface area (Å²) in [6.45, 7) is 14.7. The molecule has 0 bridgehead atoms. The molecule has 0 aliphatic carbocycles. The predicted molar refractivity (Wildman–Crippen MR) is 168 cm³/mol. The SMILES string of the molecule is C=CCNC(=O)/C(N)=c1\sc(=C=CNc2cc(NC(=O)C(C)(C)C)cc(C(=O)NCCN3CCCC3)c2)c(=O)n1CC. The molecule has 11 nitrogen and oxygen atoms in total. The van der Waals surface area contributed by atoms with E-state index in [2.05, 4.69) is 38.5 Å². The Morgan fingerprint density at radius 2 is 1.81 bits per heavy atom. The molecular weight excluding hydrogens is 554 g/mol. The van der Waals surface area contributed by atoms with Gasteiger partial charge in [-0.2, -0.15) is 0 Å². The Labute approximate surface area is 249 Å². The molecule has 0 unspecified atom stereocenters. The molecule has 1 saturated heterocycles. The van der Waals surface area contributed by atoms with Crippen molar-refractivity contribution in [3.63, 3.8) is 0 Å². The number of likely N-dealkylation sites (tertiary alicyclic amines) is 1. The van der Waals surface area contributed by atoms with Crippen LogP contribution in [-0.4, -0.2) is 59.9 Å². The second kappa shape index (κ2) is 14.7. The van der Waals surface area contributed by atoms with E-state index in [1.165, 1.54) is 29.7 Å². The number of anilines is 2. The molecule has 0 radical (unpaired) electrons. The molecule has 1 aliphatic rings. The van der Waals surface area contributed by atoms with Crippen LogP contribution in [0.15, 0.2) is 41.8 Å². The normalized spacial score (nSPS) is 14.0. The Hall–Kier alpha value is -4.12. The van der Waals surface area contributed by atoms with Crippen LogP contribution in [-0.2, 0) is 16.1 Å². The molecule has 1 aliphatic heterocycles. The van der Waals surface area contributed by atoms with Crippen molar-refractivity contribution in [2.45, 2.75) is 47.1 Å². The van der Waals surface area contributed by atoms with Gasteiger partial charge in [0.05, 0.1) is 0 Å². The molecule has 226 valence electrons. The number of thiazole rings is 1. The average molecular weight is 596 g/mol. The highest BCUT2D eigenvalue weighted by Crippen LogP contribution is 2.22. The second-order valence-corrected chi connectivity index (χ2v) is 11.9. The summed E-state index contributed by atoms with van der Waals surface area (Å²) in [4.78, 5) is 53.3. The molecule has 1 fully saturated rings. The zero-order valence-corrected chi connectivity index (χ0v) is 25.6. The maximum absolute atomic E-state index is 13.0. The number of carbonyl (C=O) groups is 3. The molecule has 2 heterocycles. The van der Waals surface area contributed by atoms with Crippen molar-refractivity contribution < 1.29 is 14.4 Å². The van der Waals surface area contributed by atoms with Crippen LogP contribution in [0, 0.1) is 5.41 Å². The number of hydrogen-bond acceptors (Lipinski definition) is 8. The monoisotopic (exact) mass is 595 g/mol. The highest BCUT2D eigenvalue weighted by molar-refractivity contribution is 7.07. The fourth-order valence-electron chi connectivity index (χ4n) is 4.20. The number of aromatic nitrogens is 1. The molecule has 0 saturated carbocycles. The minimum absolute atomic E-state index is 0.0653. The summed E-state index contributed by atoms with van der Waals surface area (Å²) >= 11 is 1.05. The maximum atomic E-state index is 13.0. The number of nitrogens with zero attached hydrogens (tertiary/aromatic N) is 2. The van der Waals surface area contributed by atoms with Gasteiger partial charge in [-0.3, -0.25) is 23.7 Å². The highest BCUT2D eigenvalue weighted by Gasteiger charge is 2.22. The van der Waals surface area contributed by atoms with Gasteiger partial charge < -0.3 is 31.9 Å². The zero-order valence-electron chi connectivity index (χ0n) is 24.8. The van der Waals surface area contributed by atoms with Crippen LogP contribution in [0.4, 0.5) is 11.4 Å². The summed E-state index contributed by atoms with van der Waals surface area (Å²) in [5.74, 6) is -0.946. The number of rotatable bonds is 11. The zero-order chi connectivity index (χ0) is 30.9.